The van der Waals surface area contributed by atoms with E-state index in [0.29, 0.717) is 13.2 Å². The minimum Gasteiger partial charge on any atom is -0.493 e. The molecule has 0 unspecified atom stereocenters. The maximum absolute atomic E-state index is 12.7. The molecule has 1 amide bonds. The van der Waals surface area contributed by atoms with E-state index >= 15 is 0 Å². The van der Waals surface area contributed by atoms with Gasteiger partial charge in [0.2, 0.25) is 5.91 Å². The standard InChI is InChI=1S/C28H34N2O4/c1-5-33-27-21(4)28-24(25(18-34-28)22-8-6-19(2)7-9-22)17-23(27)20(3)16-26(31)29-10-11-30-12-14-32-15-13-30/h6-9,16-18H,5,10-15H2,1-4H3,(H,29,31)/b20-16+. The summed E-state index contributed by atoms with van der Waals surface area (Å²) >= 11 is 0. The van der Waals surface area contributed by atoms with Crippen LogP contribution in [0.4, 0.5) is 0 Å². The molecular formula is C28H34N2O4. The van der Waals surface area contributed by atoms with Crippen LogP contribution in [-0.4, -0.2) is 56.8 Å². The number of allylic oxidation sites excluding steroid dienone is 1. The van der Waals surface area contributed by atoms with E-state index in [-0.39, 0.29) is 5.91 Å². The first kappa shape index (κ1) is 24.0. The number of furan rings is 1. The Morgan fingerprint density at radius 3 is 2.62 bits per heavy atom. The second kappa shape index (κ2) is 10.9. The van der Waals surface area contributed by atoms with E-state index in [1.165, 1.54) is 5.56 Å². The molecule has 2 aromatic carbocycles. The summed E-state index contributed by atoms with van der Waals surface area (Å²) in [7, 11) is 0. The first-order valence-electron chi connectivity index (χ1n) is 12.0. The van der Waals surface area contributed by atoms with Gasteiger partial charge in [0.15, 0.2) is 0 Å². The lowest BCUT2D eigenvalue weighted by atomic mass is 9.96. The summed E-state index contributed by atoms with van der Waals surface area (Å²) < 4.78 is 17.4. The molecule has 6 heteroatoms. The number of fused-ring (bicyclic) bond motifs is 1. The van der Waals surface area contributed by atoms with Gasteiger partial charge in [0.05, 0.1) is 26.1 Å². The third-order valence-electron chi connectivity index (χ3n) is 6.30. The van der Waals surface area contributed by atoms with Crippen molar-refractivity contribution in [1.82, 2.24) is 10.2 Å². The van der Waals surface area contributed by atoms with E-state index in [4.69, 9.17) is 13.9 Å². The zero-order valence-electron chi connectivity index (χ0n) is 20.6. The smallest absolute Gasteiger partial charge is 0.244 e. The molecule has 0 aliphatic carbocycles. The van der Waals surface area contributed by atoms with Crippen molar-refractivity contribution in [2.24, 2.45) is 0 Å². The summed E-state index contributed by atoms with van der Waals surface area (Å²) in [6.07, 6.45) is 3.47. The van der Waals surface area contributed by atoms with Crippen LogP contribution in [0.15, 0.2) is 47.1 Å². The summed E-state index contributed by atoms with van der Waals surface area (Å²) in [5.74, 6) is 0.659. The molecule has 1 aromatic heterocycles. The van der Waals surface area contributed by atoms with Gasteiger partial charge in [-0.25, -0.2) is 0 Å². The predicted molar refractivity (Wildman–Crippen MR) is 136 cm³/mol. The average Bonchev–Trinajstić information content (AvgIpc) is 3.26. The Labute approximate surface area is 201 Å². The van der Waals surface area contributed by atoms with E-state index in [0.717, 1.165) is 77.4 Å². The van der Waals surface area contributed by atoms with Crippen molar-refractivity contribution in [3.05, 3.63) is 59.4 Å². The summed E-state index contributed by atoms with van der Waals surface area (Å²) in [5, 5.41) is 4.03. The minimum atomic E-state index is -0.100. The van der Waals surface area contributed by atoms with Crippen LogP contribution in [0.5, 0.6) is 5.75 Å². The lowest BCUT2D eigenvalue weighted by molar-refractivity contribution is -0.116. The van der Waals surface area contributed by atoms with E-state index in [2.05, 4.69) is 47.5 Å². The van der Waals surface area contributed by atoms with Gasteiger partial charge in [-0.3, -0.25) is 9.69 Å². The number of morpholine rings is 1. The SMILES string of the molecule is CCOc1c(/C(C)=C/C(=O)NCCN2CCOCC2)cc2c(-c3ccc(C)cc3)coc2c1C. The van der Waals surface area contributed by atoms with Crippen molar-refractivity contribution in [2.45, 2.75) is 27.7 Å². The van der Waals surface area contributed by atoms with Gasteiger partial charge in [0, 0.05) is 54.3 Å². The van der Waals surface area contributed by atoms with E-state index in [1.54, 1.807) is 12.3 Å². The van der Waals surface area contributed by atoms with E-state index < -0.39 is 0 Å². The van der Waals surface area contributed by atoms with E-state index in [9.17, 15) is 4.79 Å². The highest BCUT2D eigenvalue weighted by Crippen LogP contribution is 2.40. The maximum Gasteiger partial charge on any atom is 0.244 e. The van der Waals surface area contributed by atoms with Crippen LogP contribution in [0.2, 0.25) is 0 Å². The van der Waals surface area contributed by atoms with E-state index in [1.807, 2.05) is 20.8 Å². The van der Waals surface area contributed by atoms with Crippen LogP contribution in [0.1, 0.15) is 30.5 Å². The Morgan fingerprint density at radius 1 is 1.18 bits per heavy atom. The van der Waals surface area contributed by atoms with Crippen LogP contribution in [0.3, 0.4) is 0 Å². The van der Waals surface area contributed by atoms with Crippen LogP contribution in [0, 0.1) is 13.8 Å². The monoisotopic (exact) mass is 462 g/mol. The molecule has 0 spiro atoms. The zero-order valence-corrected chi connectivity index (χ0v) is 20.6. The summed E-state index contributed by atoms with van der Waals surface area (Å²) in [4.78, 5) is 15.0. The third-order valence-corrected chi connectivity index (χ3v) is 6.30. The number of carbonyl (C=O) groups is 1. The maximum atomic E-state index is 12.7. The molecule has 1 aliphatic rings. The molecule has 1 saturated heterocycles. The fourth-order valence-corrected chi connectivity index (χ4v) is 4.38. The Balaban J connectivity index is 1.61. The summed E-state index contributed by atoms with van der Waals surface area (Å²) in [6.45, 7) is 13.3. The number of hydrogen-bond acceptors (Lipinski definition) is 5. The van der Waals surface area contributed by atoms with Crippen LogP contribution in [-0.2, 0) is 9.53 Å². The molecule has 0 bridgehead atoms. The van der Waals surface area contributed by atoms with Gasteiger partial charge in [-0.15, -0.1) is 0 Å². The van der Waals surface area contributed by atoms with Gasteiger partial charge in [-0.2, -0.15) is 0 Å². The van der Waals surface area contributed by atoms with Gasteiger partial charge >= 0.3 is 0 Å². The second-order valence-corrected chi connectivity index (χ2v) is 8.78. The lowest BCUT2D eigenvalue weighted by Gasteiger charge is -2.26. The molecule has 0 atom stereocenters. The molecular weight excluding hydrogens is 428 g/mol. The van der Waals surface area contributed by atoms with Crippen LogP contribution < -0.4 is 10.1 Å². The Morgan fingerprint density at radius 2 is 1.91 bits per heavy atom. The number of nitrogens with one attached hydrogen (secondary N) is 1. The van der Waals surface area contributed by atoms with Crippen molar-refractivity contribution in [2.75, 3.05) is 46.0 Å². The molecule has 1 fully saturated rings. The largest absolute Gasteiger partial charge is 0.493 e. The number of hydrogen-bond donors (Lipinski definition) is 1. The van der Waals surface area contributed by atoms with Crippen molar-refractivity contribution in [1.29, 1.82) is 0 Å². The molecule has 4 rings (SSSR count). The Hall–Kier alpha value is -3.09. The van der Waals surface area contributed by atoms with Gasteiger partial charge in [0.1, 0.15) is 11.3 Å². The summed E-state index contributed by atoms with van der Waals surface area (Å²) in [6, 6.07) is 10.5. The van der Waals surface area contributed by atoms with Crippen molar-refractivity contribution in [3.63, 3.8) is 0 Å². The number of ether oxygens (including phenoxy) is 2. The molecule has 2 heterocycles. The predicted octanol–water partition coefficient (Wildman–Crippen LogP) is 4.97. The van der Waals surface area contributed by atoms with Crippen molar-refractivity contribution < 1.29 is 18.7 Å². The minimum absolute atomic E-state index is 0.100. The molecule has 1 N–H and O–H groups in total. The highest BCUT2D eigenvalue weighted by atomic mass is 16.5. The highest BCUT2D eigenvalue weighted by Gasteiger charge is 2.19. The molecule has 3 aromatic rings. The van der Waals surface area contributed by atoms with Crippen molar-refractivity contribution in [3.8, 4) is 16.9 Å². The Kier molecular flexibility index (Phi) is 7.70. The molecule has 6 nitrogen and oxygen atoms in total. The van der Waals surface area contributed by atoms with Crippen LogP contribution >= 0.6 is 0 Å². The molecule has 0 radical (unpaired) electrons. The van der Waals surface area contributed by atoms with Gasteiger partial charge in [-0.05, 0) is 44.9 Å². The first-order valence-corrected chi connectivity index (χ1v) is 12.0. The number of rotatable bonds is 8. The molecule has 0 saturated carbocycles. The normalized spacial score (nSPS) is 15.0. The first-order chi connectivity index (χ1) is 16.5. The topological polar surface area (TPSA) is 63.9 Å². The third kappa shape index (κ3) is 5.34. The quantitative estimate of drug-likeness (QED) is 0.479. The summed E-state index contributed by atoms with van der Waals surface area (Å²) in [5.41, 5.74) is 6.86. The Bertz CT molecular complexity index is 1170. The lowest BCUT2D eigenvalue weighted by Crippen LogP contribution is -2.41. The van der Waals surface area contributed by atoms with Gasteiger partial charge in [0.25, 0.3) is 0 Å². The second-order valence-electron chi connectivity index (χ2n) is 8.78. The highest BCUT2D eigenvalue weighted by molar-refractivity contribution is 6.01. The molecule has 1 aliphatic heterocycles. The zero-order chi connectivity index (χ0) is 24.1. The fraction of sp³-hybridized carbons (Fsp3) is 0.393. The van der Waals surface area contributed by atoms with Gasteiger partial charge < -0.3 is 19.2 Å². The number of amides is 1. The number of nitrogens with zero attached hydrogens (tertiary/aromatic N) is 1. The van der Waals surface area contributed by atoms with Crippen LogP contribution in [0.25, 0.3) is 27.7 Å². The number of benzene rings is 2. The molecule has 180 valence electrons. The van der Waals surface area contributed by atoms with Gasteiger partial charge in [-0.1, -0.05) is 29.8 Å². The number of carbonyl (C=O) groups excluding carboxylic acids is 1. The fourth-order valence-electron chi connectivity index (χ4n) is 4.38. The van der Waals surface area contributed by atoms with Crippen molar-refractivity contribution >= 4 is 22.4 Å². The average molecular weight is 463 g/mol. The molecule has 34 heavy (non-hydrogen) atoms. The number of aryl methyl sites for hydroxylation is 2.